The number of hydrogen-bond donors (Lipinski definition) is 2. The van der Waals surface area contributed by atoms with Crippen LogP contribution in [0.1, 0.15) is 56.7 Å². The second-order valence-corrected chi connectivity index (χ2v) is 6.49. The van der Waals surface area contributed by atoms with Crippen LogP contribution in [0.5, 0.6) is 5.75 Å². The molecule has 0 aromatic heterocycles. The molecule has 134 valence electrons. The minimum Gasteiger partial charge on any atom is -0.494 e. The highest BCUT2D eigenvalue weighted by Crippen LogP contribution is 2.26. The topological polar surface area (TPSA) is 74.1 Å². The molecule has 0 radical (unpaired) electrons. The quantitative estimate of drug-likeness (QED) is 0.588. The molecule has 2 rings (SSSR count). The number of amides is 1. The second-order valence-electron chi connectivity index (χ2n) is 6.49. The maximum absolute atomic E-state index is 12.2. The first-order valence-corrected chi connectivity index (χ1v) is 8.95. The lowest BCUT2D eigenvalue weighted by molar-refractivity contribution is -0.117. The Morgan fingerprint density at radius 2 is 2.16 bits per heavy atom. The summed E-state index contributed by atoms with van der Waals surface area (Å²) >= 11 is 0. The largest absolute Gasteiger partial charge is 0.494 e. The van der Waals surface area contributed by atoms with Crippen LogP contribution in [0.3, 0.4) is 0 Å². The van der Waals surface area contributed by atoms with Crippen molar-refractivity contribution in [3.8, 4) is 11.8 Å². The SMILES string of the molecule is CCOc1ccc(C)cc1C(C)N/C=C(/C#N)C(=O)NC1CCCC1. The van der Waals surface area contributed by atoms with E-state index in [1.54, 1.807) is 0 Å². The van der Waals surface area contributed by atoms with E-state index in [1.807, 2.05) is 39.0 Å². The molecule has 0 spiro atoms. The molecule has 1 saturated carbocycles. The zero-order chi connectivity index (χ0) is 18.2. The number of hydrogen-bond acceptors (Lipinski definition) is 4. The third kappa shape index (κ3) is 5.25. The van der Waals surface area contributed by atoms with Crippen molar-refractivity contribution in [1.82, 2.24) is 10.6 Å². The number of carbonyl (C=O) groups excluding carboxylic acids is 1. The molecule has 1 aliphatic rings. The molecular formula is C20H27N3O2. The van der Waals surface area contributed by atoms with Gasteiger partial charge in [-0.1, -0.05) is 30.5 Å². The summed E-state index contributed by atoms with van der Waals surface area (Å²) in [6.45, 7) is 6.55. The van der Waals surface area contributed by atoms with E-state index in [-0.39, 0.29) is 23.6 Å². The van der Waals surface area contributed by atoms with Gasteiger partial charge in [0, 0.05) is 17.8 Å². The smallest absolute Gasteiger partial charge is 0.263 e. The number of benzene rings is 1. The number of nitrogens with one attached hydrogen (secondary N) is 2. The summed E-state index contributed by atoms with van der Waals surface area (Å²) in [5, 5.41) is 15.4. The zero-order valence-corrected chi connectivity index (χ0v) is 15.3. The molecule has 1 aromatic carbocycles. The molecule has 5 heteroatoms. The van der Waals surface area contributed by atoms with Crippen molar-refractivity contribution in [2.75, 3.05) is 6.61 Å². The average Bonchev–Trinajstić information content (AvgIpc) is 3.10. The maximum Gasteiger partial charge on any atom is 0.263 e. The first kappa shape index (κ1) is 18.9. The summed E-state index contributed by atoms with van der Waals surface area (Å²) in [4.78, 5) is 12.2. The lowest BCUT2D eigenvalue weighted by atomic mass is 10.0. The summed E-state index contributed by atoms with van der Waals surface area (Å²) < 4.78 is 5.68. The van der Waals surface area contributed by atoms with Gasteiger partial charge in [-0.25, -0.2) is 0 Å². The zero-order valence-electron chi connectivity index (χ0n) is 15.3. The van der Waals surface area contributed by atoms with Crippen LogP contribution in [0.15, 0.2) is 30.0 Å². The second kappa shape index (κ2) is 9.12. The van der Waals surface area contributed by atoms with Gasteiger partial charge in [0.15, 0.2) is 0 Å². The van der Waals surface area contributed by atoms with E-state index >= 15 is 0 Å². The first-order chi connectivity index (χ1) is 12.0. The first-order valence-electron chi connectivity index (χ1n) is 8.95. The minimum absolute atomic E-state index is 0.0796. The van der Waals surface area contributed by atoms with E-state index < -0.39 is 0 Å². The number of carbonyl (C=O) groups is 1. The van der Waals surface area contributed by atoms with Gasteiger partial charge in [0.2, 0.25) is 0 Å². The van der Waals surface area contributed by atoms with Crippen LogP contribution in [-0.4, -0.2) is 18.6 Å². The maximum atomic E-state index is 12.2. The Morgan fingerprint density at radius 1 is 1.44 bits per heavy atom. The standard InChI is InChI=1S/C20H27N3O2/c1-4-25-19-10-9-14(2)11-18(19)15(3)22-13-16(12-21)20(24)23-17-7-5-6-8-17/h9-11,13,15,17,22H,4-8H2,1-3H3,(H,23,24)/b16-13-. The van der Waals surface area contributed by atoms with Crippen molar-refractivity contribution in [2.24, 2.45) is 0 Å². The van der Waals surface area contributed by atoms with Crippen LogP contribution >= 0.6 is 0 Å². The Hall–Kier alpha value is -2.48. The van der Waals surface area contributed by atoms with Crippen molar-refractivity contribution < 1.29 is 9.53 Å². The van der Waals surface area contributed by atoms with Crippen LogP contribution in [0.2, 0.25) is 0 Å². The van der Waals surface area contributed by atoms with Crippen LogP contribution < -0.4 is 15.4 Å². The molecule has 0 bridgehead atoms. The fourth-order valence-electron chi connectivity index (χ4n) is 3.07. The van der Waals surface area contributed by atoms with Gasteiger partial charge in [0.25, 0.3) is 5.91 Å². The highest BCUT2D eigenvalue weighted by molar-refractivity contribution is 5.97. The Kier molecular flexibility index (Phi) is 6.88. The van der Waals surface area contributed by atoms with E-state index in [4.69, 9.17) is 4.74 Å². The number of nitriles is 1. The van der Waals surface area contributed by atoms with Crippen molar-refractivity contribution >= 4 is 5.91 Å². The molecule has 1 aliphatic carbocycles. The van der Waals surface area contributed by atoms with Gasteiger partial charge in [-0.05, 0) is 39.7 Å². The van der Waals surface area contributed by atoms with Crippen LogP contribution in [0.25, 0.3) is 0 Å². The Balaban J connectivity index is 2.06. The molecule has 0 aliphatic heterocycles. The lowest BCUT2D eigenvalue weighted by Gasteiger charge is -2.18. The van der Waals surface area contributed by atoms with Crippen molar-refractivity contribution in [3.05, 3.63) is 41.1 Å². The molecular weight excluding hydrogens is 314 g/mol. The van der Waals surface area contributed by atoms with Gasteiger partial charge >= 0.3 is 0 Å². The Morgan fingerprint density at radius 3 is 2.80 bits per heavy atom. The Bertz CT molecular complexity index is 670. The predicted octanol–water partition coefficient (Wildman–Crippen LogP) is 3.51. The predicted molar refractivity (Wildman–Crippen MR) is 98.0 cm³/mol. The van der Waals surface area contributed by atoms with Crippen LogP contribution in [-0.2, 0) is 4.79 Å². The van der Waals surface area contributed by atoms with Gasteiger partial charge in [0.05, 0.1) is 12.6 Å². The monoisotopic (exact) mass is 341 g/mol. The lowest BCUT2D eigenvalue weighted by Crippen LogP contribution is -2.34. The van der Waals surface area contributed by atoms with Crippen molar-refractivity contribution in [3.63, 3.8) is 0 Å². The average molecular weight is 341 g/mol. The highest BCUT2D eigenvalue weighted by atomic mass is 16.5. The summed E-state index contributed by atoms with van der Waals surface area (Å²) in [7, 11) is 0. The van der Waals surface area contributed by atoms with Gasteiger partial charge in [-0.15, -0.1) is 0 Å². The van der Waals surface area contributed by atoms with Gasteiger partial charge < -0.3 is 15.4 Å². The fourth-order valence-corrected chi connectivity index (χ4v) is 3.07. The molecule has 1 atom stereocenters. The molecule has 5 nitrogen and oxygen atoms in total. The molecule has 1 fully saturated rings. The molecule has 25 heavy (non-hydrogen) atoms. The summed E-state index contributed by atoms with van der Waals surface area (Å²) in [6, 6.07) is 8.12. The van der Waals surface area contributed by atoms with E-state index in [1.165, 1.54) is 6.20 Å². The fraction of sp³-hybridized carbons (Fsp3) is 0.500. The minimum atomic E-state index is -0.302. The third-order valence-electron chi connectivity index (χ3n) is 4.46. The van der Waals surface area contributed by atoms with Crippen molar-refractivity contribution in [2.45, 2.75) is 58.5 Å². The van der Waals surface area contributed by atoms with Gasteiger partial charge in [-0.2, -0.15) is 5.26 Å². The number of ether oxygens (including phenoxy) is 1. The van der Waals surface area contributed by atoms with Crippen LogP contribution in [0, 0.1) is 18.3 Å². The van der Waals surface area contributed by atoms with E-state index in [0.717, 1.165) is 42.6 Å². The van der Waals surface area contributed by atoms with E-state index in [2.05, 4.69) is 16.7 Å². The van der Waals surface area contributed by atoms with Crippen molar-refractivity contribution in [1.29, 1.82) is 5.26 Å². The number of nitrogens with zero attached hydrogens (tertiary/aromatic N) is 1. The number of rotatable bonds is 7. The highest BCUT2D eigenvalue weighted by Gasteiger charge is 2.19. The summed E-state index contributed by atoms with van der Waals surface area (Å²) in [5.41, 5.74) is 2.24. The molecule has 1 amide bonds. The Labute approximate surface area is 150 Å². The molecule has 0 saturated heterocycles. The van der Waals surface area contributed by atoms with E-state index in [9.17, 15) is 10.1 Å². The normalized spacial score (nSPS) is 16.2. The van der Waals surface area contributed by atoms with E-state index in [0.29, 0.717) is 6.61 Å². The third-order valence-corrected chi connectivity index (χ3v) is 4.46. The molecule has 1 aromatic rings. The molecule has 1 unspecified atom stereocenters. The molecule has 0 heterocycles. The molecule has 2 N–H and O–H groups in total. The summed E-state index contributed by atoms with van der Waals surface area (Å²) in [5.74, 6) is 0.513. The van der Waals surface area contributed by atoms with Crippen LogP contribution in [0.4, 0.5) is 0 Å². The van der Waals surface area contributed by atoms with Gasteiger partial charge in [0.1, 0.15) is 17.4 Å². The van der Waals surface area contributed by atoms with Gasteiger partial charge in [-0.3, -0.25) is 4.79 Å². The summed E-state index contributed by atoms with van der Waals surface area (Å²) in [6.07, 6.45) is 5.77. The number of aryl methyl sites for hydroxylation is 1.